The number of halogens is 1. The van der Waals surface area contributed by atoms with E-state index in [0.717, 1.165) is 0 Å². The van der Waals surface area contributed by atoms with Gasteiger partial charge in [0, 0.05) is 0 Å². The fourth-order valence-electron chi connectivity index (χ4n) is 0.711. The van der Waals surface area contributed by atoms with E-state index in [1.54, 1.807) is 0 Å². The molecule has 1 aromatic heterocycles. The first-order valence-corrected chi connectivity index (χ1v) is 3.91. The Bertz CT molecular complexity index is 274. The van der Waals surface area contributed by atoms with Gasteiger partial charge in [0.1, 0.15) is 0 Å². The molecule has 1 rings (SSSR count). The highest BCUT2D eigenvalue weighted by molar-refractivity contribution is 5.93. The summed E-state index contributed by atoms with van der Waals surface area (Å²) in [7, 11) is 0. The van der Waals surface area contributed by atoms with Crippen molar-refractivity contribution in [2.24, 2.45) is 11.7 Å². The van der Waals surface area contributed by atoms with Gasteiger partial charge in [0.2, 0.25) is 5.91 Å². The van der Waals surface area contributed by atoms with E-state index in [-0.39, 0.29) is 30.2 Å². The highest BCUT2D eigenvalue weighted by Crippen LogP contribution is 2.00. The molecule has 0 radical (unpaired) electrons. The number of hydrogen-bond acceptors (Lipinski definition) is 5. The molecule has 0 saturated carbocycles. The third-order valence-corrected chi connectivity index (χ3v) is 1.60. The Hall–Kier alpha value is -1.21. The molecule has 0 aliphatic carbocycles. The van der Waals surface area contributed by atoms with Crippen LogP contribution in [0.1, 0.15) is 13.8 Å². The van der Waals surface area contributed by atoms with Gasteiger partial charge < -0.3 is 5.73 Å². The summed E-state index contributed by atoms with van der Waals surface area (Å²) in [5.41, 5.74) is 5.58. The lowest BCUT2D eigenvalue weighted by Crippen LogP contribution is -2.40. The molecule has 1 atom stereocenters. The Morgan fingerprint density at radius 3 is 2.64 bits per heavy atom. The largest absolute Gasteiger partial charge is 0.320 e. The fraction of sp³-hybridized carbons (Fsp3) is 0.667. The summed E-state index contributed by atoms with van der Waals surface area (Å²) < 4.78 is 0. The third kappa shape index (κ3) is 3.27. The molecule has 0 unspecified atom stereocenters. The van der Waals surface area contributed by atoms with Crippen LogP contribution in [0.25, 0.3) is 0 Å². The van der Waals surface area contributed by atoms with Crippen LogP contribution in [0, 0.1) is 5.92 Å². The van der Waals surface area contributed by atoms with Gasteiger partial charge in [0.15, 0.2) is 0 Å². The molecule has 0 spiro atoms. The van der Waals surface area contributed by atoms with Crippen molar-refractivity contribution in [2.75, 3.05) is 5.32 Å². The number of H-pyrrole nitrogens is 1. The van der Waals surface area contributed by atoms with E-state index in [1.165, 1.54) is 0 Å². The molecule has 0 aromatic carbocycles. The van der Waals surface area contributed by atoms with Crippen LogP contribution < -0.4 is 11.1 Å². The average Bonchev–Trinajstić information content (AvgIpc) is 2.55. The van der Waals surface area contributed by atoms with Crippen LogP contribution in [0.3, 0.4) is 0 Å². The first-order valence-electron chi connectivity index (χ1n) is 3.91. The number of aromatic nitrogens is 4. The fourth-order valence-corrected chi connectivity index (χ4v) is 0.711. The molecule has 0 aliphatic rings. The predicted molar refractivity (Wildman–Crippen MR) is 52.9 cm³/mol. The maximum Gasteiger partial charge on any atom is 0.269 e. The van der Waals surface area contributed by atoms with E-state index >= 15 is 0 Å². The van der Waals surface area contributed by atoms with E-state index < -0.39 is 6.04 Å². The van der Waals surface area contributed by atoms with Crippen molar-refractivity contribution in [1.82, 2.24) is 20.6 Å². The highest BCUT2D eigenvalue weighted by Gasteiger charge is 2.18. The number of nitrogens with one attached hydrogen (secondary N) is 2. The van der Waals surface area contributed by atoms with Crippen molar-refractivity contribution in [3.8, 4) is 0 Å². The van der Waals surface area contributed by atoms with Gasteiger partial charge in [-0.15, -0.1) is 17.5 Å². The second-order valence-electron chi connectivity index (χ2n) is 2.99. The van der Waals surface area contributed by atoms with Crippen molar-refractivity contribution in [1.29, 1.82) is 0 Å². The second kappa shape index (κ2) is 5.51. The summed E-state index contributed by atoms with van der Waals surface area (Å²) in [6.07, 6.45) is 0. The molecule has 4 N–H and O–H groups in total. The minimum absolute atomic E-state index is 0. The van der Waals surface area contributed by atoms with Crippen LogP contribution in [0.5, 0.6) is 0 Å². The average molecular weight is 221 g/mol. The number of aromatic amines is 1. The summed E-state index contributed by atoms with van der Waals surface area (Å²) in [5, 5.41) is 15.1. The first-order chi connectivity index (χ1) is 6.11. The maximum absolute atomic E-state index is 11.3. The molecular formula is C6H13ClN6O. The zero-order valence-electron chi connectivity index (χ0n) is 7.89. The standard InChI is InChI=1S/C6H12N6O.ClH/c1-3(2)4(7)5(13)8-6-9-11-12-10-6;/h3-4H,7H2,1-2H3,(H2,8,9,10,11,12,13);1H/t4-;/m0./s1. The second-order valence-corrected chi connectivity index (χ2v) is 2.99. The Labute approximate surface area is 87.2 Å². The van der Waals surface area contributed by atoms with Gasteiger partial charge in [0.25, 0.3) is 5.95 Å². The predicted octanol–water partition coefficient (Wildman–Crippen LogP) is -0.457. The number of hydrogen-bond donors (Lipinski definition) is 3. The summed E-state index contributed by atoms with van der Waals surface area (Å²) in [6.45, 7) is 3.72. The minimum Gasteiger partial charge on any atom is -0.320 e. The summed E-state index contributed by atoms with van der Waals surface area (Å²) in [4.78, 5) is 11.3. The molecule has 1 amide bonds. The zero-order valence-corrected chi connectivity index (χ0v) is 8.71. The van der Waals surface area contributed by atoms with Gasteiger partial charge in [-0.2, -0.15) is 5.21 Å². The van der Waals surface area contributed by atoms with E-state index in [2.05, 4.69) is 25.9 Å². The van der Waals surface area contributed by atoms with E-state index in [4.69, 9.17) is 5.73 Å². The minimum atomic E-state index is -0.557. The Morgan fingerprint density at radius 1 is 1.57 bits per heavy atom. The topological polar surface area (TPSA) is 110 Å². The van der Waals surface area contributed by atoms with E-state index in [0.29, 0.717) is 0 Å². The van der Waals surface area contributed by atoms with Gasteiger partial charge >= 0.3 is 0 Å². The van der Waals surface area contributed by atoms with Gasteiger partial charge in [-0.3, -0.25) is 10.1 Å². The molecular weight excluding hydrogens is 208 g/mol. The lowest BCUT2D eigenvalue weighted by molar-refractivity contribution is -0.118. The van der Waals surface area contributed by atoms with Crippen LogP contribution in [-0.4, -0.2) is 32.6 Å². The SMILES string of the molecule is CC(C)[C@H](N)C(=O)Nc1nn[nH]n1.Cl. The number of rotatable bonds is 3. The number of nitrogens with two attached hydrogens (primary N) is 1. The Kier molecular flexibility index (Phi) is 5.03. The third-order valence-electron chi connectivity index (χ3n) is 1.60. The molecule has 0 bridgehead atoms. The van der Waals surface area contributed by atoms with Gasteiger partial charge in [0.05, 0.1) is 6.04 Å². The van der Waals surface area contributed by atoms with Gasteiger partial charge in [-0.05, 0) is 11.1 Å². The monoisotopic (exact) mass is 220 g/mol. The van der Waals surface area contributed by atoms with Crippen LogP contribution >= 0.6 is 12.4 Å². The number of carbonyl (C=O) groups is 1. The zero-order chi connectivity index (χ0) is 9.84. The molecule has 1 aromatic rings. The normalized spacial score (nSPS) is 12.0. The maximum atomic E-state index is 11.3. The lowest BCUT2D eigenvalue weighted by Gasteiger charge is -2.12. The number of anilines is 1. The van der Waals surface area contributed by atoms with Gasteiger partial charge in [-0.1, -0.05) is 18.9 Å². The molecule has 80 valence electrons. The Morgan fingerprint density at radius 2 is 2.21 bits per heavy atom. The van der Waals surface area contributed by atoms with E-state index in [1.807, 2.05) is 13.8 Å². The van der Waals surface area contributed by atoms with Crippen LogP contribution in [-0.2, 0) is 4.79 Å². The summed E-state index contributed by atoms with van der Waals surface area (Å²) >= 11 is 0. The molecule has 14 heavy (non-hydrogen) atoms. The quantitative estimate of drug-likeness (QED) is 0.639. The van der Waals surface area contributed by atoms with Crippen molar-refractivity contribution in [3.63, 3.8) is 0 Å². The molecule has 0 aliphatic heterocycles. The van der Waals surface area contributed by atoms with E-state index in [9.17, 15) is 4.79 Å². The first kappa shape index (κ1) is 12.8. The molecule has 7 nitrogen and oxygen atoms in total. The Balaban J connectivity index is 0.00000169. The number of nitrogens with zero attached hydrogens (tertiary/aromatic N) is 3. The van der Waals surface area contributed by atoms with Crippen molar-refractivity contribution in [3.05, 3.63) is 0 Å². The van der Waals surface area contributed by atoms with Crippen molar-refractivity contribution < 1.29 is 4.79 Å². The molecule has 0 saturated heterocycles. The summed E-state index contributed by atoms with van der Waals surface area (Å²) in [5.74, 6) is -0.0931. The molecule has 0 fully saturated rings. The number of carbonyl (C=O) groups excluding carboxylic acids is 1. The summed E-state index contributed by atoms with van der Waals surface area (Å²) in [6, 6.07) is -0.557. The lowest BCUT2D eigenvalue weighted by atomic mass is 10.1. The number of amides is 1. The highest BCUT2D eigenvalue weighted by atomic mass is 35.5. The van der Waals surface area contributed by atoms with Crippen molar-refractivity contribution in [2.45, 2.75) is 19.9 Å². The van der Waals surface area contributed by atoms with Crippen LogP contribution in [0.4, 0.5) is 5.95 Å². The van der Waals surface area contributed by atoms with Gasteiger partial charge in [-0.25, -0.2) is 0 Å². The smallest absolute Gasteiger partial charge is 0.269 e. The number of tetrazole rings is 1. The van der Waals surface area contributed by atoms with Crippen LogP contribution in [0.15, 0.2) is 0 Å². The van der Waals surface area contributed by atoms with Crippen LogP contribution in [0.2, 0.25) is 0 Å². The van der Waals surface area contributed by atoms with Crippen molar-refractivity contribution >= 4 is 24.3 Å². The molecule has 1 heterocycles. The molecule has 8 heteroatoms.